The Hall–Kier alpha value is -0.770. The Morgan fingerprint density at radius 2 is 1.81 bits per heavy atom. The molecule has 0 fully saturated rings. The molecule has 0 saturated carbocycles. The Morgan fingerprint density at radius 3 is 2.56 bits per heavy atom. The Labute approximate surface area is 101 Å². The van der Waals surface area contributed by atoms with Crippen molar-refractivity contribution in [2.24, 2.45) is 5.73 Å². The first-order valence-electron chi connectivity index (χ1n) is 5.49. The van der Waals surface area contributed by atoms with Gasteiger partial charge < -0.3 is 15.2 Å². The summed E-state index contributed by atoms with van der Waals surface area (Å²) in [5, 5.41) is 0.645. The van der Waals surface area contributed by atoms with Crippen LogP contribution < -0.4 is 10.5 Å². The number of ether oxygens (including phenoxy) is 2. The number of benzene rings is 1. The Balaban J connectivity index is 2.05. The molecule has 4 heteroatoms. The van der Waals surface area contributed by atoms with Crippen molar-refractivity contribution in [3.63, 3.8) is 0 Å². The minimum Gasteiger partial charge on any atom is -0.492 e. The van der Waals surface area contributed by atoms with E-state index in [1.807, 2.05) is 24.3 Å². The molecule has 0 aromatic heterocycles. The summed E-state index contributed by atoms with van der Waals surface area (Å²) in [5.41, 5.74) is 5.34. The van der Waals surface area contributed by atoms with Gasteiger partial charge in [0, 0.05) is 19.6 Å². The minimum absolute atomic E-state index is 0.617. The second kappa shape index (κ2) is 8.39. The molecular weight excluding hydrogens is 226 g/mol. The number of hydrogen-bond donors (Lipinski definition) is 1. The lowest BCUT2D eigenvalue weighted by Gasteiger charge is -2.07. The summed E-state index contributed by atoms with van der Waals surface area (Å²) in [7, 11) is 0. The van der Waals surface area contributed by atoms with Crippen molar-refractivity contribution in [1.82, 2.24) is 0 Å². The molecule has 16 heavy (non-hydrogen) atoms. The number of para-hydroxylation sites is 1. The minimum atomic E-state index is 0.617. The highest BCUT2D eigenvalue weighted by atomic mass is 35.5. The van der Waals surface area contributed by atoms with Crippen LogP contribution in [0.3, 0.4) is 0 Å². The van der Waals surface area contributed by atoms with Gasteiger partial charge in [0.1, 0.15) is 5.75 Å². The number of nitrogens with two attached hydrogens (primary N) is 1. The zero-order valence-electron chi connectivity index (χ0n) is 9.32. The normalized spacial score (nSPS) is 10.4. The molecule has 90 valence electrons. The summed E-state index contributed by atoms with van der Waals surface area (Å²) in [6.45, 7) is 2.72. The molecule has 0 aliphatic carbocycles. The van der Waals surface area contributed by atoms with Crippen LogP contribution in [-0.4, -0.2) is 26.4 Å². The molecule has 2 N–H and O–H groups in total. The standard InChI is InChI=1S/C12H18ClNO2/c13-11-5-1-2-6-12(11)16-10-4-9-15-8-3-7-14/h1-2,5-6H,3-4,7-10,14H2. The van der Waals surface area contributed by atoms with Crippen molar-refractivity contribution in [2.75, 3.05) is 26.4 Å². The molecule has 0 atom stereocenters. The Kier molecular flexibility index (Phi) is 6.97. The second-order valence-electron chi connectivity index (χ2n) is 3.39. The van der Waals surface area contributed by atoms with Gasteiger partial charge in [-0.05, 0) is 25.1 Å². The van der Waals surface area contributed by atoms with Gasteiger partial charge in [0.2, 0.25) is 0 Å². The molecule has 0 heterocycles. The molecule has 0 spiro atoms. The maximum Gasteiger partial charge on any atom is 0.137 e. The Morgan fingerprint density at radius 1 is 1.06 bits per heavy atom. The van der Waals surface area contributed by atoms with Crippen LogP contribution in [0.4, 0.5) is 0 Å². The summed E-state index contributed by atoms with van der Waals surface area (Å²) < 4.78 is 10.9. The van der Waals surface area contributed by atoms with Gasteiger partial charge in [-0.2, -0.15) is 0 Å². The molecule has 1 aromatic carbocycles. The van der Waals surface area contributed by atoms with E-state index in [1.54, 1.807) is 0 Å². The maximum atomic E-state index is 5.94. The SMILES string of the molecule is NCCCOCCCOc1ccccc1Cl. The smallest absolute Gasteiger partial charge is 0.137 e. The topological polar surface area (TPSA) is 44.5 Å². The summed E-state index contributed by atoms with van der Waals surface area (Å²) in [5.74, 6) is 0.728. The van der Waals surface area contributed by atoms with E-state index in [1.165, 1.54) is 0 Å². The van der Waals surface area contributed by atoms with Gasteiger partial charge >= 0.3 is 0 Å². The van der Waals surface area contributed by atoms with Crippen LogP contribution in [0.15, 0.2) is 24.3 Å². The van der Waals surface area contributed by atoms with Crippen LogP contribution in [0.1, 0.15) is 12.8 Å². The zero-order valence-corrected chi connectivity index (χ0v) is 10.1. The van der Waals surface area contributed by atoms with Crippen molar-refractivity contribution >= 4 is 11.6 Å². The molecule has 1 rings (SSSR count). The summed E-state index contributed by atoms with van der Waals surface area (Å²) in [4.78, 5) is 0. The number of halogens is 1. The molecule has 0 unspecified atom stereocenters. The fraction of sp³-hybridized carbons (Fsp3) is 0.500. The van der Waals surface area contributed by atoms with Crippen LogP contribution in [0, 0.1) is 0 Å². The quantitative estimate of drug-likeness (QED) is 0.714. The van der Waals surface area contributed by atoms with Crippen LogP contribution in [0.25, 0.3) is 0 Å². The fourth-order valence-electron chi connectivity index (χ4n) is 1.19. The van der Waals surface area contributed by atoms with E-state index in [2.05, 4.69) is 0 Å². The molecule has 0 aliphatic rings. The molecule has 0 bridgehead atoms. The Bertz CT molecular complexity index is 294. The largest absolute Gasteiger partial charge is 0.492 e. The van der Waals surface area contributed by atoms with Crippen molar-refractivity contribution in [3.05, 3.63) is 29.3 Å². The van der Waals surface area contributed by atoms with Gasteiger partial charge in [0.25, 0.3) is 0 Å². The van der Waals surface area contributed by atoms with E-state index in [9.17, 15) is 0 Å². The molecule has 0 saturated heterocycles. The predicted octanol–water partition coefficient (Wildman–Crippen LogP) is 2.47. The van der Waals surface area contributed by atoms with E-state index in [0.29, 0.717) is 24.8 Å². The lowest BCUT2D eigenvalue weighted by atomic mass is 10.3. The lowest BCUT2D eigenvalue weighted by Crippen LogP contribution is -2.07. The van der Waals surface area contributed by atoms with Gasteiger partial charge in [0.15, 0.2) is 0 Å². The highest BCUT2D eigenvalue weighted by Crippen LogP contribution is 2.22. The van der Waals surface area contributed by atoms with Gasteiger partial charge in [-0.25, -0.2) is 0 Å². The average Bonchev–Trinajstić information content (AvgIpc) is 2.30. The highest BCUT2D eigenvalue weighted by molar-refractivity contribution is 6.32. The van der Waals surface area contributed by atoms with Crippen molar-refractivity contribution < 1.29 is 9.47 Å². The first kappa shape index (κ1) is 13.3. The third-order valence-corrected chi connectivity index (χ3v) is 2.33. The van der Waals surface area contributed by atoms with E-state index in [-0.39, 0.29) is 0 Å². The summed E-state index contributed by atoms with van der Waals surface area (Å²) in [6.07, 6.45) is 1.77. The van der Waals surface area contributed by atoms with E-state index in [0.717, 1.165) is 25.2 Å². The zero-order chi connectivity index (χ0) is 11.6. The molecule has 0 aliphatic heterocycles. The first-order chi connectivity index (χ1) is 7.84. The first-order valence-corrected chi connectivity index (χ1v) is 5.87. The monoisotopic (exact) mass is 243 g/mol. The highest BCUT2D eigenvalue weighted by Gasteiger charge is 1.98. The van der Waals surface area contributed by atoms with Crippen LogP contribution in [0.5, 0.6) is 5.75 Å². The van der Waals surface area contributed by atoms with Crippen LogP contribution >= 0.6 is 11.6 Å². The third-order valence-electron chi connectivity index (χ3n) is 2.02. The average molecular weight is 244 g/mol. The van der Waals surface area contributed by atoms with Gasteiger partial charge in [-0.15, -0.1) is 0 Å². The van der Waals surface area contributed by atoms with Gasteiger partial charge in [-0.1, -0.05) is 23.7 Å². The van der Waals surface area contributed by atoms with Crippen molar-refractivity contribution in [1.29, 1.82) is 0 Å². The molecule has 0 radical (unpaired) electrons. The van der Waals surface area contributed by atoms with Crippen LogP contribution in [0.2, 0.25) is 5.02 Å². The summed E-state index contributed by atoms with van der Waals surface area (Å²) in [6, 6.07) is 7.45. The van der Waals surface area contributed by atoms with E-state index >= 15 is 0 Å². The molecular formula is C12H18ClNO2. The number of hydrogen-bond acceptors (Lipinski definition) is 3. The van der Waals surface area contributed by atoms with E-state index < -0.39 is 0 Å². The lowest BCUT2D eigenvalue weighted by molar-refractivity contribution is 0.118. The van der Waals surface area contributed by atoms with Crippen molar-refractivity contribution in [3.8, 4) is 5.75 Å². The molecule has 0 amide bonds. The van der Waals surface area contributed by atoms with Gasteiger partial charge in [-0.3, -0.25) is 0 Å². The maximum absolute atomic E-state index is 5.94. The van der Waals surface area contributed by atoms with Crippen LogP contribution in [-0.2, 0) is 4.74 Å². The summed E-state index contributed by atoms with van der Waals surface area (Å²) >= 11 is 5.94. The molecule has 3 nitrogen and oxygen atoms in total. The second-order valence-corrected chi connectivity index (χ2v) is 3.79. The third kappa shape index (κ3) is 5.35. The van der Waals surface area contributed by atoms with E-state index in [4.69, 9.17) is 26.8 Å². The number of rotatable bonds is 8. The molecule has 1 aromatic rings. The predicted molar refractivity (Wildman–Crippen MR) is 66.1 cm³/mol. The van der Waals surface area contributed by atoms with Gasteiger partial charge in [0.05, 0.1) is 11.6 Å². The van der Waals surface area contributed by atoms with Crippen molar-refractivity contribution in [2.45, 2.75) is 12.8 Å². The fourth-order valence-corrected chi connectivity index (χ4v) is 1.38.